The van der Waals surface area contributed by atoms with Crippen LogP contribution >= 0.6 is 0 Å². The number of ether oxygens (including phenoxy) is 1. The third kappa shape index (κ3) is 22.3. The first kappa shape index (κ1) is 73.1. The molecule has 1 unspecified atom stereocenters. The molecule has 0 spiro atoms. The van der Waals surface area contributed by atoms with E-state index in [1.807, 2.05) is 60.6 Å². The number of nitrogens with one attached hydrogen (secondary N) is 5. The van der Waals surface area contributed by atoms with Crippen molar-refractivity contribution < 1.29 is 57.8 Å². The van der Waals surface area contributed by atoms with Gasteiger partial charge in [-0.05, 0) is 89.9 Å². The highest BCUT2D eigenvalue weighted by atomic mass is 16.5. The second kappa shape index (κ2) is 33.6. The van der Waals surface area contributed by atoms with Gasteiger partial charge in [0.25, 0.3) is 5.91 Å². The zero-order valence-electron chi connectivity index (χ0n) is 51.9. The van der Waals surface area contributed by atoms with Crippen LogP contribution in [-0.2, 0) is 52.7 Å². The van der Waals surface area contributed by atoms with Crippen LogP contribution in [0.25, 0.3) is 0 Å². The van der Waals surface area contributed by atoms with Gasteiger partial charge in [-0.3, -0.25) is 47.9 Å². The quantitative estimate of drug-likeness (QED) is 0.0409. The van der Waals surface area contributed by atoms with E-state index >= 15 is 0 Å². The lowest BCUT2D eigenvalue weighted by Gasteiger charge is -2.37. The van der Waals surface area contributed by atoms with Crippen LogP contribution in [-0.4, -0.2) is 198 Å². The highest BCUT2D eigenvalue weighted by Gasteiger charge is 2.42. The molecule has 452 valence electrons. The molecule has 0 bridgehead atoms. The molecule has 22 nitrogen and oxygen atoms in total. The molecule has 0 aromatic carbocycles. The normalized spacial score (nSPS) is 15.6. The van der Waals surface area contributed by atoms with Crippen LogP contribution in [0.2, 0.25) is 0 Å². The lowest BCUT2D eigenvalue weighted by molar-refractivity contribution is -0.147. The Hall–Kier alpha value is -5.90. The maximum Gasteiger partial charge on any atom is 0.270 e. The number of hydrogen-bond donors (Lipinski definition) is 6. The molecule has 0 saturated carbocycles. The summed E-state index contributed by atoms with van der Waals surface area (Å²) in [7, 11) is 9.89. The lowest BCUT2D eigenvalue weighted by atomic mass is 9.92. The van der Waals surface area contributed by atoms with E-state index in [-0.39, 0.29) is 60.9 Å². The molecule has 0 aliphatic heterocycles. The van der Waals surface area contributed by atoms with Gasteiger partial charge in [-0.2, -0.15) is 0 Å². The maximum absolute atomic E-state index is 14.6. The number of rotatable bonds is 33. The molecule has 10 atom stereocenters. The van der Waals surface area contributed by atoms with Crippen LogP contribution in [0, 0.1) is 29.6 Å². The third-order valence-corrected chi connectivity index (χ3v) is 14.2. The summed E-state index contributed by atoms with van der Waals surface area (Å²) in [6.45, 7) is 30.1. The molecule has 0 aliphatic carbocycles. The van der Waals surface area contributed by atoms with E-state index in [4.69, 9.17) is 4.74 Å². The summed E-state index contributed by atoms with van der Waals surface area (Å²) in [6.07, 6.45) is 3.38. The SMILES string of the molecule is C=C(C(=O)N(C)[C@@H](CC(C)(C)OC)C(=O)N[C@H](C(=O)N(C)[C@H](CC(C)C)C(=O)N[C@@H](C)C(=O)N[C@@H](C)C(=O)N(C)[C@@H](CC(C)C)C(=O)NC)C(C)C)N(C)C(=O)[C@H](CC)NC(=O)C([C@H](O)[C@H](C)C/C=C/C)N(C)C(=O)CC(C)C. The van der Waals surface area contributed by atoms with Crippen LogP contribution in [0.5, 0.6) is 0 Å². The minimum atomic E-state index is -1.35. The Balaban J connectivity index is 6.74. The second-order valence-corrected chi connectivity index (χ2v) is 23.2. The van der Waals surface area contributed by atoms with Crippen LogP contribution in [0.1, 0.15) is 142 Å². The Kier molecular flexibility index (Phi) is 31.1. The first-order chi connectivity index (χ1) is 36.4. The number of carbonyl (C=O) groups is 10. The molecule has 0 aromatic heterocycles. The van der Waals surface area contributed by atoms with Crippen molar-refractivity contribution in [2.75, 3.05) is 49.4 Å². The first-order valence-corrected chi connectivity index (χ1v) is 27.7. The summed E-state index contributed by atoms with van der Waals surface area (Å²) in [6, 6.07) is -9.30. The summed E-state index contributed by atoms with van der Waals surface area (Å²) >= 11 is 0. The minimum absolute atomic E-state index is 0.0348. The van der Waals surface area contributed by atoms with E-state index < -0.39 is 119 Å². The van der Waals surface area contributed by atoms with Gasteiger partial charge in [0.1, 0.15) is 54.0 Å². The first-order valence-electron chi connectivity index (χ1n) is 27.7. The molecule has 22 heteroatoms. The summed E-state index contributed by atoms with van der Waals surface area (Å²) in [5.41, 5.74) is -1.38. The number of amides is 10. The highest BCUT2D eigenvalue weighted by molar-refractivity contribution is 6.02. The largest absolute Gasteiger partial charge is 0.390 e. The summed E-state index contributed by atoms with van der Waals surface area (Å²) in [5, 5.41) is 24.9. The topological polar surface area (TPSA) is 277 Å². The number of methoxy groups -OCH3 is 1. The summed E-state index contributed by atoms with van der Waals surface area (Å²) < 4.78 is 5.68. The Morgan fingerprint density at radius 2 is 1.11 bits per heavy atom. The van der Waals surface area contributed by atoms with Gasteiger partial charge < -0.3 is 60.9 Å². The molecule has 0 aromatic rings. The van der Waals surface area contributed by atoms with Crippen LogP contribution < -0.4 is 26.6 Å². The van der Waals surface area contributed by atoms with Gasteiger partial charge in [-0.1, -0.05) is 88.0 Å². The average Bonchev–Trinajstić information content (AvgIpc) is 3.38. The fourth-order valence-corrected chi connectivity index (χ4v) is 8.73. The van der Waals surface area contributed by atoms with Crippen molar-refractivity contribution in [3.63, 3.8) is 0 Å². The molecule has 0 heterocycles. The molecule has 0 saturated heterocycles. The van der Waals surface area contributed by atoms with Crippen molar-refractivity contribution in [2.45, 2.75) is 202 Å². The predicted octanol–water partition coefficient (Wildman–Crippen LogP) is 2.97. The zero-order valence-corrected chi connectivity index (χ0v) is 51.9. The van der Waals surface area contributed by atoms with Crippen LogP contribution in [0.3, 0.4) is 0 Å². The van der Waals surface area contributed by atoms with Gasteiger partial charge in [0.05, 0.1) is 11.7 Å². The number of aliphatic hydroxyl groups excluding tert-OH is 1. The Bertz CT molecular complexity index is 2130. The molecular formula is C57H102N10O12. The van der Waals surface area contributed by atoms with Crippen LogP contribution in [0.15, 0.2) is 24.4 Å². The minimum Gasteiger partial charge on any atom is -0.390 e. The van der Waals surface area contributed by atoms with Gasteiger partial charge in [-0.25, -0.2) is 0 Å². The Morgan fingerprint density at radius 1 is 0.620 bits per heavy atom. The summed E-state index contributed by atoms with van der Waals surface area (Å²) in [4.78, 5) is 144. The van der Waals surface area contributed by atoms with Crippen molar-refractivity contribution >= 4 is 59.1 Å². The van der Waals surface area contributed by atoms with Gasteiger partial charge in [0.2, 0.25) is 53.2 Å². The Labute approximate surface area is 472 Å². The molecule has 0 aliphatic rings. The number of likely N-dealkylation sites (N-methyl/N-ethyl adjacent to an activating group) is 6. The number of aliphatic hydroxyl groups is 1. The monoisotopic (exact) mass is 1120 g/mol. The standard InChI is InChI=1S/C57H102N10O12/c1-24-26-27-36(11)47(69)46(67(22)44(68)30-34(7)8)52(74)61-40(25-2)55(77)63(18)39(14)54(76)66(21)43(31-57(15,16)79-23)51(73)62-45(35(9)10)56(78)65(20)42(29-33(5)6)50(72)59-37(12)48(70)60-38(13)53(75)64(19)41(28-32(3)4)49(71)58-17/h24,26,32-38,40-43,45-47,69H,14,25,27-31H2,1-13,15-23H3,(H,58,71)(H,59,72)(H,60,70)(H,61,74)(H,62,73)/b26-24+/t36-,37+,38+,40+,41+,42-,43+,45+,46?,47-/m1/s1. The molecule has 0 radical (unpaired) electrons. The fraction of sp³-hybridized carbons (Fsp3) is 0.754. The lowest BCUT2D eigenvalue weighted by Crippen LogP contribution is -2.61. The molecule has 0 fully saturated rings. The van der Waals surface area contributed by atoms with Crippen LogP contribution in [0.4, 0.5) is 0 Å². The molecule has 10 amide bonds. The third-order valence-electron chi connectivity index (χ3n) is 14.2. The molecular weight excluding hydrogens is 1020 g/mol. The van der Waals surface area contributed by atoms with Gasteiger partial charge >= 0.3 is 0 Å². The average molecular weight is 1120 g/mol. The summed E-state index contributed by atoms with van der Waals surface area (Å²) in [5.74, 6) is -7.43. The van der Waals surface area contributed by atoms with Gasteiger partial charge in [0.15, 0.2) is 0 Å². The number of nitrogens with zero attached hydrogens (tertiary/aromatic N) is 5. The van der Waals surface area contributed by atoms with Crippen molar-refractivity contribution in [2.24, 2.45) is 29.6 Å². The molecule has 6 N–H and O–H groups in total. The van der Waals surface area contributed by atoms with Crippen molar-refractivity contribution in [3.05, 3.63) is 24.4 Å². The van der Waals surface area contributed by atoms with E-state index in [1.165, 1.54) is 77.9 Å². The number of hydrogen-bond acceptors (Lipinski definition) is 12. The zero-order chi connectivity index (χ0) is 61.7. The van der Waals surface area contributed by atoms with E-state index in [9.17, 15) is 53.1 Å². The fourth-order valence-electron chi connectivity index (χ4n) is 8.73. The molecule has 0 rings (SSSR count). The van der Waals surface area contributed by atoms with Gasteiger partial charge in [-0.15, -0.1) is 0 Å². The van der Waals surface area contributed by atoms with Crippen molar-refractivity contribution in [1.29, 1.82) is 0 Å². The smallest absolute Gasteiger partial charge is 0.270 e. The van der Waals surface area contributed by atoms with E-state index in [0.717, 1.165) is 9.80 Å². The predicted molar refractivity (Wildman–Crippen MR) is 305 cm³/mol. The maximum atomic E-state index is 14.6. The number of carbonyl (C=O) groups excluding carboxylic acids is 10. The Morgan fingerprint density at radius 3 is 1.57 bits per heavy atom. The van der Waals surface area contributed by atoms with E-state index in [0.29, 0.717) is 12.8 Å². The second-order valence-electron chi connectivity index (χ2n) is 23.2. The van der Waals surface area contributed by atoms with E-state index in [2.05, 4.69) is 33.2 Å². The number of allylic oxidation sites excluding steroid dienone is 2. The van der Waals surface area contributed by atoms with Crippen molar-refractivity contribution in [1.82, 2.24) is 51.1 Å². The van der Waals surface area contributed by atoms with E-state index in [1.54, 1.807) is 41.5 Å². The van der Waals surface area contributed by atoms with Gasteiger partial charge in [0, 0.05) is 62.2 Å². The molecule has 79 heavy (non-hydrogen) atoms. The van der Waals surface area contributed by atoms with Crippen molar-refractivity contribution in [3.8, 4) is 0 Å². The highest BCUT2D eigenvalue weighted by Crippen LogP contribution is 2.24.